The summed E-state index contributed by atoms with van der Waals surface area (Å²) in [5.74, 6) is 1.65. The molecule has 0 fully saturated rings. The molecule has 23 heavy (non-hydrogen) atoms. The van der Waals surface area contributed by atoms with Crippen molar-refractivity contribution in [2.24, 2.45) is 0 Å². The lowest BCUT2D eigenvalue weighted by molar-refractivity contribution is -0.695. The number of ether oxygens (including phenoxy) is 2. The SMILES string of the molecule is COc1cc2nc(C[n+]3ccccc3C)[nH]c(=O)c2cc1OC. The maximum atomic E-state index is 12.3. The molecule has 0 saturated heterocycles. The Balaban J connectivity index is 2.10. The van der Waals surface area contributed by atoms with Gasteiger partial charge in [0, 0.05) is 25.1 Å². The molecule has 0 radical (unpaired) electrons. The van der Waals surface area contributed by atoms with Crippen LogP contribution in [0.15, 0.2) is 41.3 Å². The molecular weight excluding hydrogens is 294 g/mol. The lowest BCUT2D eigenvalue weighted by atomic mass is 10.2. The van der Waals surface area contributed by atoms with E-state index in [1.807, 2.05) is 35.9 Å². The van der Waals surface area contributed by atoms with Crippen molar-refractivity contribution >= 4 is 10.9 Å². The first-order valence-electron chi connectivity index (χ1n) is 7.22. The van der Waals surface area contributed by atoms with Crippen molar-refractivity contribution in [1.82, 2.24) is 9.97 Å². The summed E-state index contributed by atoms with van der Waals surface area (Å²) in [5, 5.41) is 0.473. The van der Waals surface area contributed by atoms with Crippen LogP contribution in [0.5, 0.6) is 11.5 Å². The predicted molar refractivity (Wildman–Crippen MR) is 85.9 cm³/mol. The third kappa shape index (κ3) is 2.88. The Morgan fingerprint density at radius 3 is 2.61 bits per heavy atom. The average molecular weight is 312 g/mol. The molecule has 0 amide bonds. The van der Waals surface area contributed by atoms with Crippen LogP contribution < -0.4 is 19.6 Å². The van der Waals surface area contributed by atoms with Crippen LogP contribution in [-0.4, -0.2) is 24.2 Å². The van der Waals surface area contributed by atoms with Gasteiger partial charge in [0.2, 0.25) is 6.54 Å². The molecule has 6 nitrogen and oxygen atoms in total. The zero-order valence-electron chi connectivity index (χ0n) is 13.3. The van der Waals surface area contributed by atoms with Gasteiger partial charge >= 0.3 is 0 Å². The third-order valence-corrected chi connectivity index (χ3v) is 3.75. The Bertz CT molecular complexity index is 919. The van der Waals surface area contributed by atoms with Gasteiger partial charge in [0.25, 0.3) is 5.56 Å². The monoisotopic (exact) mass is 312 g/mol. The minimum absolute atomic E-state index is 0.194. The van der Waals surface area contributed by atoms with Crippen LogP contribution in [0.4, 0.5) is 0 Å². The number of aryl methyl sites for hydroxylation is 1. The van der Waals surface area contributed by atoms with Crippen LogP contribution in [0.3, 0.4) is 0 Å². The van der Waals surface area contributed by atoms with Crippen molar-refractivity contribution in [3.63, 3.8) is 0 Å². The molecule has 1 aromatic carbocycles. The Morgan fingerprint density at radius 1 is 1.17 bits per heavy atom. The number of fused-ring (bicyclic) bond motifs is 1. The van der Waals surface area contributed by atoms with Crippen LogP contribution in [0, 0.1) is 6.92 Å². The molecule has 6 heteroatoms. The number of nitrogens with zero attached hydrogens (tertiary/aromatic N) is 2. The normalized spacial score (nSPS) is 10.7. The van der Waals surface area contributed by atoms with E-state index in [1.54, 1.807) is 19.2 Å². The highest BCUT2D eigenvalue weighted by Gasteiger charge is 2.13. The van der Waals surface area contributed by atoms with Crippen LogP contribution in [-0.2, 0) is 6.54 Å². The molecule has 118 valence electrons. The highest BCUT2D eigenvalue weighted by molar-refractivity contribution is 5.81. The minimum atomic E-state index is -0.194. The maximum absolute atomic E-state index is 12.3. The molecule has 2 heterocycles. The summed E-state index contributed by atoms with van der Waals surface area (Å²) < 4.78 is 12.5. The zero-order chi connectivity index (χ0) is 16.4. The average Bonchev–Trinajstić information content (AvgIpc) is 2.56. The van der Waals surface area contributed by atoms with E-state index in [1.165, 1.54) is 7.11 Å². The van der Waals surface area contributed by atoms with Gasteiger partial charge in [0.15, 0.2) is 29.2 Å². The van der Waals surface area contributed by atoms with Crippen molar-refractivity contribution in [1.29, 1.82) is 0 Å². The molecule has 0 aliphatic carbocycles. The molecule has 0 aliphatic heterocycles. The van der Waals surface area contributed by atoms with Gasteiger partial charge in [-0.15, -0.1) is 0 Å². The van der Waals surface area contributed by atoms with Gasteiger partial charge in [-0.1, -0.05) is 6.07 Å². The second-order valence-electron chi connectivity index (χ2n) is 5.21. The fourth-order valence-corrected chi connectivity index (χ4v) is 2.49. The first-order valence-corrected chi connectivity index (χ1v) is 7.22. The molecule has 0 bridgehead atoms. The van der Waals surface area contributed by atoms with Gasteiger partial charge in [0.05, 0.1) is 25.1 Å². The van der Waals surface area contributed by atoms with Crippen molar-refractivity contribution < 1.29 is 14.0 Å². The number of H-pyrrole nitrogens is 1. The highest BCUT2D eigenvalue weighted by atomic mass is 16.5. The number of aromatic amines is 1. The van der Waals surface area contributed by atoms with E-state index in [2.05, 4.69) is 9.97 Å². The molecule has 0 unspecified atom stereocenters. The van der Waals surface area contributed by atoms with Gasteiger partial charge < -0.3 is 14.5 Å². The van der Waals surface area contributed by atoms with E-state index < -0.39 is 0 Å². The lowest BCUT2D eigenvalue weighted by Gasteiger charge is -2.09. The summed E-state index contributed by atoms with van der Waals surface area (Å²) in [7, 11) is 3.09. The summed E-state index contributed by atoms with van der Waals surface area (Å²) in [6, 6.07) is 9.28. The Kier molecular flexibility index (Phi) is 3.97. The summed E-state index contributed by atoms with van der Waals surface area (Å²) in [4.78, 5) is 19.7. The summed E-state index contributed by atoms with van der Waals surface area (Å²) in [5.41, 5.74) is 1.47. The van der Waals surface area contributed by atoms with E-state index in [0.29, 0.717) is 34.8 Å². The lowest BCUT2D eigenvalue weighted by Crippen LogP contribution is -2.38. The van der Waals surface area contributed by atoms with Crippen molar-refractivity contribution in [2.75, 3.05) is 14.2 Å². The number of benzene rings is 1. The fourth-order valence-electron chi connectivity index (χ4n) is 2.49. The van der Waals surface area contributed by atoms with Gasteiger partial charge in [-0.3, -0.25) is 4.79 Å². The molecule has 3 aromatic rings. The number of pyridine rings is 1. The van der Waals surface area contributed by atoms with E-state index >= 15 is 0 Å². The number of hydrogen-bond acceptors (Lipinski definition) is 4. The first-order chi connectivity index (χ1) is 11.1. The van der Waals surface area contributed by atoms with E-state index in [0.717, 1.165) is 5.69 Å². The minimum Gasteiger partial charge on any atom is -0.493 e. The quantitative estimate of drug-likeness (QED) is 0.743. The van der Waals surface area contributed by atoms with Crippen LogP contribution in [0.25, 0.3) is 10.9 Å². The van der Waals surface area contributed by atoms with Gasteiger partial charge in [-0.25, -0.2) is 4.98 Å². The largest absolute Gasteiger partial charge is 0.493 e. The Morgan fingerprint density at radius 2 is 1.91 bits per heavy atom. The molecule has 0 aliphatic rings. The van der Waals surface area contributed by atoms with Crippen molar-refractivity contribution in [3.8, 4) is 11.5 Å². The third-order valence-electron chi connectivity index (χ3n) is 3.75. The fraction of sp³-hybridized carbons (Fsp3) is 0.235. The second kappa shape index (κ2) is 6.08. The Hall–Kier alpha value is -2.89. The smallest absolute Gasteiger partial charge is 0.259 e. The van der Waals surface area contributed by atoms with Crippen molar-refractivity contribution in [2.45, 2.75) is 13.5 Å². The summed E-state index contributed by atoms with van der Waals surface area (Å²) in [6.45, 7) is 2.50. The first kappa shape index (κ1) is 15.0. The van der Waals surface area contributed by atoms with E-state index in [-0.39, 0.29) is 5.56 Å². The number of aromatic nitrogens is 3. The molecule has 2 aromatic heterocycles. The Labute approximate surface area is 133 Å². The van der Waals surface area contributed by atoms with E-state index in [9.17, 15) is 4.79 Å². The topological polar surface area (TPSA) is 68.1 Å². The van der Waals surface area contributed by atoms with E-state index in [4.69, 9.17) is 9.47 Å². The summed E-state index contributed by atoms with van der Waals surface area (Å²) >= 11 is 0. The number of nitrogens with one attached hydrogen (secondary N) is 1. The molecular formula is C17H18N3O3+. The predicted octanol–water partition coefficient (Wildman–Crippen LogP) is 1.58. The van der Waals surface area contributed by atoms with Crippen molar-refractivity contribution in [3.05, 3.63) is 58.4 Å². The van der Waals surface area contributed by atoms with Crippen LogP contribution in [0.1, 0.15) is 11.5 Å². The molecule has 0 saturated carbocycles. The maximum Gasteiger partial charge on any atom is 0.259 e. The number of methoxy groups -OCH3 is 2. The zero-order valence-corrected chi connectivity index (χ0v) is 13.3. The van der Waals surface area contributed by atoms with Crippen LogP contribution >= 0.6 is 0 Å². The molecule has 1 N–H and O–H groups in total. The highest BCUT2D eigenvalue weighted by Crippen LogP contribution is 2.29. The number of hydrogen-bond donors (Lipinski definition) is 1. The van der Waals surface area contributed by atoms with Crippen LogP contribution in [0.2, 0.25) is 0 Å². The molecule has 3 rings (SSSR count). The standard InChI is InChI=1S/C17H17N3O3/c1-11-6-4-5-7-20(11)10-16-18-13-9-15(23-3)14(22-2)8-12(13)17(21)19-16/h4-9H,10H2,1-3H3/p+1. The second-order valence-corrected chi connectivity index (χ2v) is 5.21. The molecule has 0 atom stereocenters. The van der Waals surface area contributed by atoms with Gasteiger partial charge in [-0.05, 0) is 6.07 Å². The molecule has 0 spiro atoms. The number of rotatable bonds is 4. The van der Waals surface area contributed by atoms with Gasteiger partial charge in [0.1, 0.15) is 0 Å². The summed E-state index contributed by atoms with van der Waals surface area (Å²) in [6.07, 6.45) is 1.95. The van der Waals surface area contributed by atoms with Gasteiger partial charge in [-0.2, -0.15) is 4.57 Å².